The Morgan fingerprint density at radius 2 is 1.58 bits per heavy atom. The van der Waals surface area contributed by atoms with Crippen LogP contribution in [0.3, 0.4) is 0 Å². The van der Waals surface area contributed by atoms with Crippen molar-refractivity contribution < 1.29 is 24.5 Å². The molecule has 2 heterocycles. The first-order chi connectivity index (χ1) is 17.3. The molecule has 3 aromatic carbocycles. The molecule has 178 valence electrons. The van der Waals surface area contributed by atoms with Gasteiger partial charge >= 0.3 is 5.97 Å². The van der Waals surface area contributed by atoms with Crippen molar-refractivity contribution in [3.8, 4) is 0 Å². The second-order valence-corrected chi connectivity index (χ2v) is 7.90. The van der Waals surface area contributed by atoms with Crippen LogP contribution in [-0.4, -0.2) is 38.5 Å². The maximum absolute atomic E-state index is 13.5. The number of rotatable bonds is 5. The van der Waals surface area contributed by atoms with Crippen molar-refractivity contribution >= 4 is 45.8 Å². The van der Waals surface area contributed by atoms with E-state index in [1.165, 1.54) is 36.4 Å². The second-order valence-electron chi connectivity index (χ2n) is 7.90. The molecule has 0 saturated carbocycles. The Bertz CT molecular complexity index is 1510. The van der Waals surface area contributed by atoms with Crippen molar-refractivity contribution in [1.82, 2.24) is 0 Å². The lowest BCUT2D eigenvalue weighted by Gasteiger charge is -2.37. The standard InChI is InChI=1S/C24H15N5O7/c30-23-17-12-16(29(35)36)10-11-18(17)25-20-19(13-4-2-1-3-5-13)22(24(31)32)27(26-21(20)23)14-6-8-15(9-7-14)28(33)34/h1-12,20,25H,(H,31,32). The highest BCUT2D eigenvalue weighted by atomic mass is 16.6. The van der Waals surface area contributed by atoms with E-state index < -0.39 is 27.6 Å². The lowest BCUT2D eigenvalue weighted by molar-refractivity contribution is -0.385. The number of non-ortho nitro benzene ring substituents is 2. The van der Waals surface area contributed by atoms with Crippen LogP contribution >= 0.6 is 0 Å². The highest BCUT2D eigenvalue weighted by molar-refractivity contribution is 6.53. The molecule has 0 spiro atoms. The first-order valence-corrected chi connectivity index (χ1v) is 10.5. The van der Waals surface area contributed by atoms with Crippen LogP contribution in [0.5, 0.6) is 0 Å². The molecule has 0 amide bonds. The number of aliphatic carboxylic acids is 1. The first kappa shape index (κ1) is 22.4. The third-order valence-corrected chi connectivity index (χ3v) is 5.82. The number of carbonyl (C=O) groups is 2. The summed E-state index contributed by atoms with van der Waals surface area (Å²) in [5.74, 6) is -1.94. The Labute approximate surface area is 202 Å². The summed E-state index contributed by atoms with van der Waals surface area (Å²) in [7, 11) is 0. The quantitative estimate of drug-likeness (QED) is 0.403. The molecule has 5 rings (SSSR count). The van der Waals surface area contributed by atoms with Gasteiger partial charge < -0.3 is 10.4 Å². The van der Waals surface area contributed by atoms with Crippen LogP contribution in [0.15, 0.2) is 83.6 Å². The van der Waals surface area contributed by atoms with Gasteiger partial charge in [0.2, 0.25) is 5.78 Å². The first-order valence-electron chi connectivity index (χ1n) is 10.5. The van der Waals surface area contributed by atoms with Crippen molar-refractivity contribution in [2.45, 2.75) is 6.04 Å². The molecule has 12 nitrogen and oxygen atoms in total. The number of nitro groups is 2. The van der Waals surface area contributed by atoms with Crippen molar-refractivity contribution in [3.05, 3.63) is 110 Å². The van der Waals surface area contributed by atoms with Crippen LogP contribution in [0.4, 0.5) is 22.7 Å². The van der Waals surface area contributed by atoms with Crippen LogP contribution in [0.25, 0.3) is 5.57 Å². The van der Waals surface area contributed by atoms with Gasteiger partial charge in [0.25, 0.3) is 11.4 Å². The van der Waals surface area contributed by atoms with Gasteiger partial charge in [-0.15, -0.1) is 0 Å². The summed E-state index contributed by atoms with van der Waals surface area (Å²) in [6.07, 6.45) is 0. The zero-order valence-corrected chi connectivity index (χ0v) is 18.2. The largest absolute Gasteiger partial charge is 0.476 e. The fraction of sp³-hybridized carbons (Fsp3) is 0.0417. The van der Waals surface area contributed by atoms with Crippen molar-refractivity contribution in [2.24, 2.45) is 5.10 Å². The van der Waals surface area contributed by atoms with Gasteiger partial charge in [-0.25, -0.2) is 9.80 Å². The molecule has 0 aliphatic carbocycles. The molecule has 2 aliphatic heterocycles. The summed E-state index contributed by atoms with van der Waals surface area (Å²) in [5.41, 5.74) is 0.423. The number of carboxylic acid groups (broad SMARTS) is 1. The Hall–Kier alpha value is -5.39. The molecule has 2 N–H and O–H groups in total. The van der Waals surface area contributed by atoms with Gasteiger partial charge in [0.15, 0.2) is 5.70 Å². The molecule has 0 fully saturated rings. The number of nitrogens with zero attached hydrogens (tertiary/aromatic N) is 4. The Morgan fingerprint density at radius 1 is 0.944 bits per heavy atom. The minimum Gasteiger partial charge on any atom is -0.476 e. The summed E-state index contributed by atoms with van der Waals surface area (Å²) in [4.78, 5) is 47.2. The zero-order valence-electron chi connectivity index (χ0n) is 18.2. The van der Waals surface area contributed by atoms with E-state index in [-0.39, 0.29) is 39.6 Å². The molecule has 36 heavy (non-hydrogen) atoms. The number of hydrogen-bond donors (Lipinski definition) is 2. The normalized spacial score (nSPS) is 16.4. The van der Waals surface area contributed by atoms with Gasteiger partial charge in [-0.3, -0.25) is 25.0 Å². The van der Waals surface area contributed by atoms with E-state index in [1.54, 1.807) is 30.3 Å². The summed E-state index contributed by atoms with van der Waals surface area (Å²) in [5, 5.41) is 41.1. The third kappa shape index (κ3) is 3.62. The number of nitro benzene ring substituents is 2. The molecule has 1 unspecified atom stereocenters. The van der Waals surface area contributed by atoms with Gasteiger partial charge in [0.05, 0.1) is 21.1 Å². The highest BCUT2D eigenvalue weighted by Crippen LogP contribution is 2.39. The smallest absolute Gasteiger partial charge is 0.354 e. The maximum atomic E-state index is 13.5. The van der Waals surface area contributed by atoms with Crippen molar-refractivity contribution in [2.75, 3.05) is 10.3 Å². The van der Waals surface area contributed by atoms with Crippen LogP contribution in [0.2, 0.25) is 0 Å². The zero-order chi connectivity index (χ0) is 25.6. The average Bonchev–Trinajstić information content (AvgIpc) is 2.88. The van der Waals surface area contributed by atoms with Crippen LogP contribution in [-0.2, 0) is 4.79 Å². The Balaban J connectivity index is 1.75. The molecular weight excluding hydrogens is 470 g/mol. The van der Waals surface area contributed by atoms with Crippen LogP contribution < -0.4 is 10.3 Å². The molecule has 3 aromatic rings. The predicted molar refractivity (Wildman–Crippen MR) is 129 cm³/mol. The number of anilines is 2. The fourth-order valence-corrected chi connectivity index (χ4v) is 4.20. The lowest BCUT2D eigenvalue weighted by atomic mass is 9.84. The summed E-state index contributed by atoms with van der Waals surface area (Å²) in [6.45, 7) is 0. The molecule has 1 atom stereocenters. The number of carbonyl (C=O) groups excluding carboxylic acids is 1. The van der Waals surface area contributed by atoms with Crippen LogP contribution in [0, 0.1) is 20.2 Å². The van der Waals surface area contributed by atoms with Gasteiger partial charge in [-0.05, 0) is 23.8 Å². The van der Waals surface area contributed by atoms with E-state index in [9.17, 15) is 34.9 Å². The van der Waals surface area contributed by atoms with Crippen LogP contribution in [0.1, 0.15) is 15.9 Å². The van der Waals surface area contributed by atoms with Crippen molar-refractivity contribution in [3.63, 3.8) is 0 Å². The number of nitrogens with one attached hydrogen (secondary N) is 1. The molecular formula is C24H15N5O7. The molecule has 0 bridgehead atoms. The fourth-order valence-electron chi connectivity index (χ4n) is 4.20. The number of hydrogen-bond acceptors (Lipinski definition) is 9. The van der Waals surface area contributed by atoms with E-state index >= 15 is 0 Å². The predicted octanol–water partition coefficient (Wildman–Crippen LogP) is 3.85. The van der Waals surface area contributed by atoms with Gasteiger partial charge in [0, 0.05) is 35.5 Å². The minimum atomic E-state index is -1.33. The van der Waals surface area contributed by atoms with E-state index in [4.69, 9.17) is 0 Å². The number of hydrazone groups is 1. The second kappa shape index (κ2) is 8.43. The monoisotopic (exact) mass is 485 g/mol. The summed E-state index contributed by atoms with van der Waals surface area (Å²) in [6, 6.07) is 16.4. The Morgan fingerprint density at radius 3 is 2.19 bits per heavy atom. The average molecular weight is 485 g/mol. The van der Waals surface area contributed by atoms with E-state index in [2.05, 4.69) is 10.4 Å². The number of carboxylic acids is 1. The SMILES string of the molecule is O=C(O)C1=C(c2ccccc2)C2Nc3ccc([N+](=O)[O-])cc3C(=O)C2=NN1c1ccc([N+](=O)[O-])cc1. The highest BCUT2D eigenvalue weighted by Gasteiger charge is 2.43. The summed E-state index contributed by atoms with van der Waals surface area (Å²) >= 11 is 0. The third-order valence-electron chi connectivity index (χ3n) is 5.82. The topological polar surface area (TPSA) is 168 Å². The van der Waals surface area contributed by atoms with E-state index in [0.717, 1.165) is 11.1 Å². The number of Topliss-reactive ketones (excluding diaryl/α,β-unsaturated/α-hetero) is 1. The lowest BCUT2D eigenvalue weighted by Crippen LogP contribution is -2.47. The molecule has 0 saturated heterocycles. The van der Waals surface area contributed by atoms with Gasteiger partial charge in [0.1, 0.15) is 11.8 Å². The summed E-state index contributed by atoms with van der Waals surface area (Å²) < 4.78 is 0. The van der Waals surface area contributed by atoms with Crippen molar-refractivity contribution in [1.29, 1.82) is 0 Å². The number of fused-ring (bicyclic) bond motifs is 2. The molecule has 12 heteroatoms. The van der Waals surface area contributed by atoms with E-state index in [0.29, 0.717) is 11.3 Å². The molecule has 0 aromatic heterocycles. The molecule has 2 aliphatic rings. The number of benzene rings is 3. The number of ketones is 1. The van der Waals surface area contributed by atoms with Gasteiger partial charge in [-0.1, -0.05) is 30.3 Å². The van der Waals surface area contributed by atoms with Gasteiger partial charge in [-0.2, -0.15) is 5.10 Å². The molecule has 0 radical (unpaired) electrons. The minimum absolute atomic E-state index is 0.0223. The Kier molecular flexibility index (Phi) is 5.25. The maximum Gasteiger partial charge on any atom is 0.354 e. The van der Waals surface area contributed by atoms with E-state index in [1.807, 2.05) is 0 Å².